The summed E-state index contributed by atoms with van der Waals surface area (Å²) in [5.74, 6) is 0.807. The van der Waals surface area contributed by atoms with Crippen LogP contribution in [0, 0.1) is 0 Å². The second-order valence-electron chi connectivity index (χ2n) is 4.24. The number of aliphatic hydroxyl groups is 1. The maximum Gasteiger partial charge on any atom is 0.131 e. The number of hydrogen-bond acceptors (Lipinski definition) is 3. The molecule has 0 aromatic carbocycles. The Morgan fingerprint density at radius 2 is 2.07 bits per heavy atom. The van der Waals surface area contributed by atoms with Crippen LogP contribution < -0.4 is 5.32 Å². The van der Waals surface area contributed by atoms with Crippen molar-refractivity contribution in [3.05, 3.63) is 23.9 Å². The first-order valence-corrected chi connectivity index (χ1v) is 5.62. The van der Waals surface area contributed by atoms with Crippen molar-refractivity contribution in [2.75, 3.05) is 12.4 Å². The molecule has 1 aliphatic carbocycles. The number of nitrogens with zero attached hydrogens (tertiary/aromatic N) is 1. The molecular weight excluding hydrogens is 188 g/mol. The molecule has 15 heavy (non-hydrogen) atoms. The van der Waals surface area contributed by atoms with Gasteiger partial charge in [-0.05, 0) is 18.9 Å². The maximum absolute atomic E-state index is 10.6. The average Bonchev–Trinajstić information content (AvgIpc) is 2.30. The summed E-state index contributed by atoms with van der Waals surface area (Å²) in [7, 11) is 1.85. The van der Waals surface area contributed by atoms with Crippen molar-refractivity contribution < 1.29 is 5.11 Å². The number of aromatic nitrogens is 1. The molecule has 0 spiro atoms. The number of hydrogen-bond donors (Lipinski definition) is 2. The summed E-state index contributed by atoms with van der Waals surface area (Å²) in [5, 5.41) is 13.6. The third-order valence-electron chi connectivity index (χ3n) is 3.23. The van der Waals surface area contributed by atoms with Gasteiger partial charge >= 0.3 is 0 Å². The van der Waals surface area contributed by atoms with Gasteiger partial charge in [0.05, 0.1) is 5.60 Å². The van der Waals surface area contributed by atoms with Gasteiger partial charge in [0, 0.05) is 18.8 Å². The standard InChI is InChI=1S/C12H18N2O/c1-13-11-10(6-5-9-14-11)12(15)7-3-2-4-8-12/h5-6,9,15H,2-4,7-8H2,1H3,(H,13,14). The largest absolute Gasteiger partial charge is 0.385 e. The van der Waals surface area contributed by atoms with E-state index in [4.69, 9.17) is 0 Å². The van der Waals surface area contributed by atoms with E-state index in [0.29, 0.717) is 0 Å². The van der Waals surface area contributed by atoms with Crippen molar-refractivity contribution in [2.24, 2.45) is 0 Å². The van der Waals surface area contributed by atoms with E-state index in [1.165, 1.54) is 6.42 Å². The van der Waals surface area contributed by atoms with Crippen molar-refractivity contribution in [2.45, 2.75) is 37.7 Å². The fourth-order valence-electron chi connectivity index (χ4n) is 2.39. The molecule has 1 fully saturated rings. The second-order valence-corrected chi connectivity index (χ2v) is 4.24. The Kier molecular flexibility index (Phi) is 2.91. The van der Waals surface area contributed by atoms with Crippen LogP contribution in [0.1, 0.15) is 37.7 Å². The van der Waals surface area contributed by atoms with Crippen LogP contribution in [-0.2, 0) is 5.60 Å². The molecular formula is C12H18N2O. The summed E-state index contributed by atoms with van der Waals surface area (Å²) in [6.45, 7) is 0. The van der Waals surface area contributed by atoms with E-state index in [-0.39, 0.29) is 0 Å². The summed E-state index contributed by atoms with van der Waals surface area (Å²) >= 11 is 0. The maximum atomic E-state index is 10.6. The SMILES string of the molecule is CNc1ncccc1C1(O)CCCCC1. The summed E-state index contributed by atoms with van der Waals surface area (Å²) in [6, 6.07) is 3.87. The molecule has 1 aromatic rings. The normalized spacial score (nSPS) is 19.9. The van der Waals surface area contributed by atoms with E-state index >= 15 is 0 Å². The zero-order chi connectivity index (χ0) is 10.7. The highest BCUT2D eigenvalue weighted by Gasteiger charge is 2.33. The second kappa shape index (κ2) is 4.19. The summed E-state index contributed by atoms with van der Waals surface area (Å²) in [5.41, 5.74) is 0.289. The van der Waals surface area contributed by atoms with Gasteiger partial charge in [-0.1, -0.05) is 25.3 Å². The molecule has 1 heterocycles. The molecule has 0 radical (unpaired) electrons. The molecule has 0 aliphatic heterocycles. The first-order chi connectivity index (χ1) is 7.26. The summed E-state index contributed by atoms with van der Waals surface area (Å²) < 4.78 is 0. The van der Waals surface area contributed by atoms with Gasteiger partial charge in [0.2, 0.25) is 0 Å². The molecule has 0 saturated heterocycles. The molecule has 0 unspecified atom stereocenters. The highest BCUT2D eigenvalue weighted by atomic mass is 16.3. The third-order valence-corrected chi connectivity index (χ3v) is 3.23. The van der Waals surface area contributed by atoms with Crippen LogP contribution in [0.5, 0.6) is 0 Å². The van der Waals surface area contributed by atoms with E-state index < -0.39 is 5.60 Å². The molecule has 1 aromatic heterocycles. The van der Waals surface area contributed by atoms with E-state index in [0.717, 1.165) is 37.1 Å². The van der Waals surface area contributed by atoms with Gasteiger partial charge in [-0.15, -0.1) is 0 Å². The Balaban J connectivity index is 2.34. The lowest BCUT2D eigenvalue weighted by Crippen LogP contribution is -2.29. The molecule has 2 rings (SSSR count). The highest BCUT2D eigenvalue weighted by Crippen LogP contribution is 2.39. The third kappa shape index (κ3) is 1.97. The minimum absolute atomic E-state index is 0.662. The lowest BCUT2D eigenvalue weighted by atomic mass is 9.80. The topological polar surface area (TPSA) is 45.2 Å². The number of rotatable bonds is 2. The zero-order valence-electron chi connectivity index (χ0n) is 9.16. The first-order valence-electron chi connectivity index (χ1n) is 5.62. The van der Waals surface area contributed by atoms with Crippen LogP contribution in [0.15, 0.2) is 18.3 Å². The Hall–Kier alpha value is -1.09. The van der Waals surface area contributed by atoms with Crippen molar-refractivity contribution in [1.29, 1.82) is 0 Å². The predicted octanol–water partition coefficient (Wildman–Crippen LogP) is 2.28. The Bertz CT molecular complexity index is 332. The Morgan fingerprint density at radius 1 is 1.33 bits per heavy atom. The summed E-state index contributed by atoms with van der Waals surface area (Å²) in [4.78, 5) is 4.25. The highest BCUT2D eigenvalue weighted by molar-refractivity contribution is 5.46. The van der Waals surface area contributed by atoms with E-state index in [9.17, 15) is 5.11 Å². The van der Waals surface area contributed by atoms with Crippen LogP contribution in [0.4, 0.5) is 5.82 Å². The molecule has 0 bridgehead atoms. The van der Waals surface area contributed by atoms with Crippen LogP contribution >= 0.6 is 0 Å². The number of anilines is 1. The first kappa shape index (κ1) is 10.4. The van der Waals surface area contributed by atoms with Crippen molar-refractivity contribution in [3.8, 4) is 0 Å². The van der Waals surface area contributed by atoms with Gasteiger partial charge in [0.15, 0.2) is 0 Å². The molecule has 3 nitrogen and oxygen atoms in total. The monoisotopic (exact) mass is 206 g/mol. The number of pyridine rings is 1. The number of nitrogens with one attached hydrogen (secondary N) is 1. The van der Waals surface area contributed by atoms with Gasteiger partial charge < -0.3 is 10.4 Å². The molecule has 3 heteroatoms. The Morgan fingerprint density at radius 3 is 2.73 bits per heavy atom. The van der Waals surface area contributed by atoms with Crippen molar-refractivity contribution in [1.82, 2.24) is 4.98 Å². The van der Waals surface area contributed by atoms with Crippen LogP contribution in [0.25, 0.3) is 0 Å². The van der Waals surface area contributed by atoms with Gasteiger partial charge in [-0.2, -0.15) is 0 Å². The van der Waals surface area contributed by atoms with Crippen LogP contribution in [-0.4, -0.2) is 17.1 Å². The van der Waals surface area contributed by atoms with E-state index in [2.05, 4.69) is 10.3 Å². The fourth-order valence-corrected chi connectivity index (χ4v) is 2.39. The molecule has 1 saturated carbocycles. The lowest BCUT2D eigenvalue weighted by Gasteiger charge is -2.33. The average molecular weight is 206 g/mol. The Labute approximate surface area is 90.5 Å². The van der Waals surface area contributed by atoms with Crippen molar-refractivity contribution >= 4 is 5.82 Å². The molecule has 0 atom stereocenters. The van der Waals surface area contributed by atoms with Gasteiger partial charge in [0.1, 0.15) is 5.82 Å². The quantitative estimate of drug-likeness (QED) is 0.780. The van der Waals surface area contributed by atoms with Crippen LogP contribution in [0.2, 0.25) is 0 Å². The minimum Gasteiger partial charge on any atom is -0.385 e. The van der Waals surface area contributed by atoms with E-state index in [1.54, 1.807) is 6.20 Å². The zero-order valence-corrected chi connectivity index (χ0v) is 9.16. The summed E-state index contributed by atoms with van der Waals surface area (Å²) in [6.07, 6.45) is 6.91. The molecule has 1 aliphatic rings. The van der Waals surface area contributed by atoms with Crippen molar-refractivity contribution in [3.63, 3.8) is 0 Å². The van der Waals surface area contributed by atoms with Gasteiger partial charge in [0.25, 0.3) is 0 Å². The fraction of sp³-hybridized carbons (Fsp3) is 0.583. The van der Waals surface area contributed by atoms with Crippen LogP contribution in [0.3, 0.4) is 0 Å². The molecule has 2 N–H and O–H groups in total. The smallest absolute Gasteiger partial charge is 0.131 e. The lowest BCUT2D eigenvalue weighted by molar-refractivity contribution is -0.000206. The van der Waals surface area contributed by atoms with Gasteiger partial charge in [-0.3, -0.25) is 0 Å². The van der Waals surface area contributed by atoms with Gasteiger partial charge in [-0.25, -0.2) is 4.98 Å². The van der Waals surface area contributed by atoms with E-state index in [1.807, 2.05) is 19.2 Å². The molecule has 82 valence electrons. The predicted molar refractivity (Wildman–Crippen MR) is 60.8 cm³/mol. The molecule has 0 amide bonds. The minimum atomic E-state index is -0.662.